The van der Waals surface area contributed by atoms with Crippen molar-refractivity contribution >= 4 is 11.9 Å². The Hall–Kier alpha value is -3.04. The molecule has 0 atom stereocenters. The predicted molar refractivity (Wildman–Crippen MR) is 124 cm³/mol. The number of methoxy groups -OCH3 is 2. The summed E-state index contributed by atoms with van der Waals surface area (Å²) in [6.45, 7) is 10.7. The van der Waals surface area contributed by atoms with Crippen molar-refractivity contribution in [2.45, 2.75) is 46.5 Å². The lowest BCUT2D eigenvalue weighted by Crippen LogP contribution is -2.09. The minimum atomic E-state index is -0.499. The number of nitrogens with zero attached hydrogens (tertiary/aromatic N) is 2. The van der Waals surface area contributed by atoms with E-state index in [1.54, 1.807) is 33.3 Å². The summed E-state index contributed by atoms with van der Waals surface area (Å²) in [6.07, 6.45) is 6.33. The number of benzene rings is 1. The average molecular weight is 465 g/mol. The fraction of sp³-hybridized carbons (Fsp3) is 0.500. The van der Waals surface area contributed by atoms with Crippen LogP contribution in [0.2, 0.25) is 0 Å². The number of aromatic nitrogens is 2. The first-order chi connectivity index (χ1) is 15.9. The van der Waals surface area contributed by atoms with E-state index < -0.39 is 11.9 Å². The molecule has 0 aliphatic heterocycles. The molecular formula is C24H36N2O7. The van der Waals surface area contributed by atoms with E-state index in [0.717, 1.165) is 18.2 Å². The van der Waals surface area contributed by atoms with Crippen LogP contribution in [0.25, 0.3) is 0 Å². The first-order valence-corrected chi connectivity index (χ1v) is 10.7. The van der Waals surface area contributed by atoms with Gasteiger partial charge in [-0.2, -0.15) is 4.98 Å². The second-order valence-corrected chi connectivity index (χ2v) is 6.77. The van der Waals surface area contributed by atoms with Crippen LogP contribution in [-0.4, -0.2) is 56.1 Å². The normalized spacial score (nSPS) is 9.61. The zero-order valence-corrected chi connectivity index (χ0v) is 20.3. The largest absolute Gasteiger partial charge is 0.460 e. The summed E-state index contributed by atoms with van der Waals surface area (Å²) in [7, 11) is 3.30. The van der Waals surface area contributed by atoms with Crippen molar-refractivity contribution in [2.75, 3.05) is 34.0 Å². The zero-order valence-electron chi connectivity index (χ0n) is 20.3. The number of carbonyl (C=O) groups is 2. The van der Waals surface area contributed by atoms with Crippen LogP contribution in [0.15, 0.2) is 41.4 Å². The quantitative estimate of drug-likeness (QED) is 0.270. The summed E-state index contributed by atoms with van der Waals surface area (Å²) in [5.41, 5.74) is 1.53. The van der Waals surface area contributed by atoms with Crippen molar-refractivity contribution in [3.8, 4) is 6.01 Å². The smallest absolute Gasteiger partial charge is 0.362 e. The van der Waals surface area contributed by atoms with Gasteiger partial charge in [-0.1, -0.05) is 50.5 Å². The van der Waals surface area contributed by atoms with E-state index in [1.165, 1.54) is 25.7 Å². The number of esters is 2. The Balaban J connectivity index is 0.000000516. The standard InChI is InChI=1S/C11H10N2O3.C7H16O.C6H10O3/c1-7-3-5-9(6-4-7)10(14)15-11-12-8(2)16-13-11;1-3-4-5-6-7-8-2;1-3-6(7)9-5-4-8-2/h3-6H,1-2H3;3-7H2,1-2H3;3H,1,4-5H2,2H3. The van der Waals surface area contributed by atoms with Crippen LogP contribution in [0.5, 0.6) is 6.01 Å². The maximum absolute atomic E-state index is 11.6. The van der Waals surface area contributed by atoms with Gasteiger partial charge in [-0.15, -0.1) is 0 Å². The minimum absolute atomic E-state index is 0.0666. The second-order valence-electron chi connectivity index (χ2n) is 6.77. The van der Waals surface area contributed by atoms with Gasteiger partial charge in [-0.25, -0.2) is 9.59 Å². The first-order valence-electron chi connectivity index (χ1n) is 10.7. The molecule has 0 amide bonds. The molecule has 9 heteroatoms. The van der Waals surface area contributed by atoms with E-state index in [2.05, 4.69) is 37.6 Å². The van der Waals surface area contributed by atoms with Gasteiger partial charge in [0.05, 0.1) is 12.2 Å². The fourth-order valence-corrected chi connectivity index (χ4v) is 2.11. The van der Waals surface area contributed by atoms with Gasteiger partial charge in [0.25, 0.3) is 0 Å². The molecule has 1 aromatic heterocycles. The van der Waals surface area contributed by atoms with Crippen LogP contribution in [0, 0.1) is 13.8 Å². The Labute approximate surface area is 196 Å². The van der Waals surface area contributed by atoms with Crippen molar-refractivity contribution in [1.82, 2.24) is 10.1 Å². The number of rotatable bonds is 11. The molecule has 1 aromatic carbocycles. The number of unbranched alkanes of at least 4 members (excludes halogenated alkanes) is 3. The molecule has 9 nitrogen and oxygen atoms in total. The van der Waals surface area contributed by atoms with E-state index in [4.69, 9.17) is 9.47 Å². The van der Waals surface area contributed by atoms with Crippen molar-refractivity contribution in [2.24, 2.45) is 0 Å². The Morgan fingerprint density at radius 1 is 1.00 bits per heavy atom. The van der Waals surface area contributed by atoms with Crippen LogP contribution in [-0.2, 0) is 19.0 Å². The Morgan fingerprint density at radius 3 is 2.18 bits per heavy atom. The van der Waals surface area contributed by atoms with Gasteiger partial charge in [0, 0.05) is 33.8 Å². The number of hydrogen-bond acceptors (Lipinski definition) is 9. The van der Waals surface area contributed by atoms with Crippen LogP contribution in [0.3, 0.4) is 0 Å². The molecule has 0 bridgehead atoms. The number of hydrogen-bond donors (Lipinski definition) is 0. The lowest BCUT2D eigenvalue weighted by molar-refractivity contribution is -0.138. The second kappa shape index (κ2) is 19.6. The molecule has 0 N–H and O–H groups in total. The Morgan fingerprint density at radius 2 is 1.67 bits per heavy atom. The summed E-state index contributed by atoms with van der Waals surface area (Å²) in [6, 6.07) is 6.97. The molecule has 0 aliphatic rings. The highest BCUT2D eigenvalue weighted by atomic mass is 16.6. The topological polar surface area (TPSA) is 110 Å². The number of ether oxygens (including phenoxy) is 4. The summed E-state index contributed by atoms with van der Waals surface area (Å²) in [5.74, 6) is -0.556. The molecule has 0 radical (unpaired) electrons. The third kappa shape index (κ3) is 16.3. The maximum Gasteiger partial charge on any atom is 0.362 e. The Kier molecular flexibility index (Phi) is 17.8. The molecule has 2 rings (SSSR count). The van der Waals surface area contributed by atoms with Crippen molar-refractivity contribution in [3.05, 3.63) is 53.9 Å². The fourth-order valence-electron chi connectivity index (χ4n) is 2.11. The van der Waals surface area contributed by atoms with E-state index in [0.29, 0.717) is 24.7 Å². The van der Waals surface area contributed by atoms with E-state index >= 15 is 0 Å². The molecule has 1 heterocycles. The van der Waals surface area contributed by atoms with Crippen molar-refractivity contribution < 1.29 is 33.1 Å². The molecule has 0 aliphatic carbocycles. The van der Waals surface area contributed by atoms with Crippen molar-refractivity contribution in [3.63, 3.8) is 0 Å². The van der Waals surface area contributed by atoms with Crippen LogP contribution >= 0.6 is 0 Å². The summed E-state index contributed by atoms with van der Waals surface area (Å²) in [4.78, 5) is 25.7. The van der Waals surface area contributed by atoms with Gasteiger partial charge in [0.1, 0.15) is 6.61 Å². The average Bonchev–Trinajstić information content (AvgIpc) is 3.22. The Bertz CT molecular complexity index is 782. The van der Waals surface area contributed by atoms with Gasteiger partial charge in [0.15, 0.2) is 0 Å². The zero-order chi connectivity index (χ0) is 24.9. The molecule has 184 valence electrons. The molecule has 0 spiro atoms. The molecule has 0 saturated carbocycles. The highest BCUT2D eigenvalue weighted by Gasteiger charge is 2.12. The molecule has 0 unspecified atom stereocenters. The van der Waals surface area contributed by atoms with E-state index in [9.17, 15) is 9.59 Å². The molecule has 33 heavy (non-hydrogen) atoms. The monoisotopic (exact) mass is 464 g/mol. The van der Waals surface area contributed by atoms with Gasteiger partial charge in [-0.05, 0) is 30.6 Å². The van der Waals surface area contributed by atoms with E-state index in [1.807, 2.05) is 19.1 Å². The molecule has 0 saturated heterocycles. The number of aryl methyl sites for hydroxylation is 2. The van der Waals surface area contributed by atoms with Gasteiger partial charge in [0.2, 0.25) is 5.89 Å². The third-order valence-corrected chi connectivity index (χ3v) is 3.88. The highest BCUT2D eigenvalue weighted by molar-refractivity contribution is 5.90. The van der Waals surface area contributed by atoms with Gasteiger partial charge < -0.3 is 23.5 Å². The molecule has 2 aromatic rings. The third-order valence-electron chi connectivity index (χ3n) is 3.88. The van der Waals surface area contributed by atoms with Crippen molar-refractivity contribution in [1.29, 1.82) is 0 Å². The molecule has 0 fully saturated rings. The van der Waals surface area contributed by atoms with Crippen LogP contribution < -0.4 is 4.74 Å². The van der Waals surface area contributed by atoms with Gasteiger partial charge >= 0.3 is 17.9 Å². The van der Waals surface area contributed by atoms with Crippen LogP contribution in [0.4, 0.5) is 0 Å². The lowest BCUT2D eigenvalue weighted by Gasteiger charge is -1.99. The maximum atomic E-state index is 11.6. The number of carbonyl (C=O) groups excluding carboxylic acids is 2. The summed E-state index contributed by atoms with van der Waals surface area (Å²) >= 11 is 0. The van der Waals surface area contributed by atoms with E-state index in [-0.39, 0.29) is 6.01 Å². The summed E-state index contributed by atoms with van der Waals surface area (Å²) in [5, 5.41) is 3.47. The predicted octanol–water partition coefficient (Wildman–Crippen LogP) is 4.48. The minimum Gasteiger partial charge on any atom is -0.460 e. The van der Waals surface area contributed by atoms with Gasteiger partial charge in [-0.3, -0.25) is 0 Å². The van der Waals surface area contributed by atoms with Crippen LogP contribution in [0.1, 0.15) is 54.4 Å². The first kappa shape index (κ1) is 30.0. The molecular weight excluding hydrogens is 428 g/mol. The summed E-state index contributed by atoms with van der Waals surface area (Å²) < 4.78 is 23.7. The highest BCUT2D eigenvalue weighted by Crippen LogP contribution is 2.09. The lowest BCUT2D eigenvalue weighted by atomic mass is 10.2. The SMILES string of the molecule is C=CC(=O)OCCOC.CCCCCCOC.Cc1ccc(C(=O)Oc2noc(C)n2)cc1.